The molecular weight excluding hydrogens is 324 g/mol. The van der Waals surface area contributed by atoms with E-state index in [9.17, 15) is 4.79 Å². The summed E-state index contributed by atoms with van der Waals surface area (Å²) in [5, 5.41) is 12.6. The molecule has 0 unspecified atom stereocenters. The Morgan fingerprint density at radius 2 is 2.08 bits per heavy atom. The van der Waals surface area contributed by atoms with Crippen molar-refractivity contribution in [1.29, 1.82) is 0 Å². The lowest BCUT2D eigenvalue weighted by atomic mass is 10.1. The minimum absolute atomic E-state index is 0.0876. The van der Waals surface area contributed by atoms with Crippen LogP contribution < -0.4 is 10.1 Å². The number of aromatic nitrogens is 2. The molecule has 130 valence electrons. The monoisotopic (exact) mass is 348 g/mol. The van der Waals surface area contributed by atoms with E-state index in [1.54, 1.807) is 11.9 Å². The zero-order valence-corrected chi connectivity index (χ0v) is 15.6. The van der Waals surface area contributed by atoms with E-state index in [4.69, 9.17) is 4.74 Å². The molecule has 1 aromatic carbocycles. The largest absolute Gasteiger partial charge is 0.491 e. The Hall–Kier alpha value is -2.15. The summed E-state index contributed by atoms with van der Waals surface area (Å²) in [6, 6.07) is 5.85. The predicted octanol–water partition coefficient (Wildman–Crippen LogP) is 3.28. The summed E-state index contributed by atoms with van der Waals surface area (Å²) < 4.78 is 5.84. The lowest BCUT2D eigenvalue weighted by Gasteiger charge is -2.18. The van der Waals surface area contributed by atoms with Crippen LogP contribution in [-0.2, 0) is 13.1 Å². The first-order chi connectivity index (χ1) is 11.3. The molecule has 0 aliphatic rings. The van der Waals surface area contributed by atoms with Gasteiger partial charge in [0.05, 0.1) is 12.6 Å². The molecule has 1 N–H and O–H groups in total. The fraction of sp³-hybridized carbons (Fsp3) is 0.471. The minimum atomic E-state index is -0.154. The number of nitrogens with zero attached hydrogens (tertiary/aromatic N) is 3. The number of carbonyl (C=O) groups excluding carboxylic acids is 1. The van der Waals surface area contributed by atoms with E-state index in [0.29, 0.717) is 13.1 Å². The Kier molecular flexibility index (Phi) is 6.14. The first-order valence-corrected chi connectivity index (χ1v) is 8.71. The van der Waals surface area contributed by atoms with Crippen LogP contribution in [0.1, 0.15) is 35.0 Å². The minimum Gasteiger partial charge on any atom is -0.491 e. The maximum Gasteiger partial charge on any atom is 0.317 e. The normalized spacial score (nSPS) is 10.8. The highest BCUT2D eigenvalue weighted by Gasteiger charge is 2.13. The number of ether oxygens (including phenoxy) is 1. The van der Waals surface area contributed by atoms with Gasteiger partial charge in [-0.2, -0.15) is 0 Å². The van der Waals surface area contributed by atoms with Crippen molar-refractivity contribution in [3.8, 4) is 5.75 Å². The van der Waals surface area contributed by atoms with Crippen LogP contribution in [0.3, 0.4) is 0 Å². The standard InChI is InChI=1S/C17H24N4O2S/c1-11(2)23-15-8-12(3)6-7-14(15)9-18-17(22)21(5)10-16-20-19-13(4)24-16/h6-8,11H,9-10H2,1-5H3,(H,18,22). The maximum atomic E-state index is 12.3. The van der Waals surface area contributed by atoms with Gasteiger partial charge in [0.25, 0.3) is 0 Å². The van der Waals surface area contributed by atoms with Crippen LogP contribution in [-0.4, -0.2) is 34.3 Å². The molecule has 24 heavy (non-hydrogen) atoms. The Balaban J connectivity index is 1.95. The van der Waals surface area contributed by atoms with Crippen LogP contribution in [0.5, 0.6) is 5.75 Å². The number of hydrogen-bond acceptors (Lipinski definition) is 5. The predicted molar refractivity (Wildman–Crippen MR) is 95.3 cm³/mol. The molecule has 1 heterocycles. The zero-order chi connectivity index (χ0) is 17.7. The highest BCUT2D eigenvalue weighted by Crippen LogP contribution is 2.21. The van der Waals surface area contributed by atoms with Gasteiger partial charge in [-0.05, 0) is 39.3 Å². The molecular formula is C17H24N4O2S. The van der Waals surface area contributed by atoms with E-state index in [1.807, 2.05) is 45.9 Å². The molecule has 7 heteroatoms. The number of benzene rings is 1. The molecule has 0 aliphatic carbocycles. The fourth-order valence-electron chi connectivity index (χ4n) is 2.15. The van der Waals surface area contributed by atoms with Crippen LogP contribution in [0.2, 0.25) is 0 Å². The van der Waals surface area contributed by atoms with Crippen LogP contribution in [0.25, 0.3) is 0 Å². The van der Waals surface area contributed by atoms with Gasteiger partial charge in [-0.1, -0.05) is 23.5 Å². The Bertz CT molecular complexity index is 700. The molecule has 0 bridgehead atoms. The quantitative estimate of drug-likeness (QED) is 0.870. The van der Waals surface area contributed by atoms with Crippen molar-refractivity contribution in [2.24, 2.45) is 0 Å². The second-order valence-electron chi connectivity index (χ2n) is 6.01. The molecule has 0 spiro atoms. The maximum absolute atomic E-state index is 12.3. The number of aryl methyl sites for hydroxylation is 2. The van der Waals surface area contributed by atoms with Crippen molar-refractivity contribution in [1.82, 2.24) is 20.4 Å². The van der Waals surface area contributed by atoms with Gasteiger partial charge in [0.2, 0.25) is 0 Å². The number of urea groups is 1. The number of carbonyl (C=O) groups is 1. The first-order valence-electron chi connectivity index (χ1n) is 7.89. The van der Waals surface area contributed by atoms with E-state index >= 15 is 0 Å². The van der Waals surface area contributed by atoms with Crippen molar-refractivity contribution in [2.45, 2.75) is 46.9 Å². The van der Waals surface area contributed by atoms with Gasteiger partial charge < -0.3 is 15.0 Å². The van der Waals surface area contributed by atoms with Crippen LogP contribution in [0.15, 0.2) is 18.2 Å². The second kappa shape index (κ2) is 8.10. The van der Waals surface area contributed by atoms with E-state index < -0.39 is 0 Å². The van der Waals surface area contributed by atoms with Crippen LogP contribution in [0, 0.1) is 13.8 Å². The smallest absolute Gasteiger partial charge is 0.317 e. The summed E-state index contributed by atoms with van der Waals surface area (Å²) in [6.07, 6.45) is 0.0876. The van der Waals surface area contributed by atoms with Gasteiger partial charge in [-0.15, -0.1) is 10.2 Å². The third-order valence-corrected chi connectivity index (χ3v) is 4.13. The summed E-state index contributed by atoms with van der Waals surface area (Å²) in [4.78, 5) is 13.9. The summed E-state index contributed by atoms with van der Waals surface area (Å²) in [6.45, 7) is 8.76. The first kappa shape index (κ1) is 18.2. The third-order valence-electron chi connectivity index (χ3n) is 3.30. The molecule has 1 aromatic heterocycles. The van der Waals surface area contributed by atoms with E-state index in [2.05, 4.69) is 15.5 Å². The van der Waals surface area contributed by atoms with Crippen molar-refractivity contribution in [3.63, 3.8) is 0 Å². The van der Waals surface area contributed by atoms with Gasteiger partial charge in [-0.3, -0.25) is 0 Å². The third kappa shape index (κ3) is 5.19. The summed E-state index contributed by atoms with van der Waals surface area (Å²) in [5.74, 6) is 0.813. The highest BCUT2D eigenvalue weighted by atomic mass is 32.1. The van der Waals surface area contributed by atoms with Crippen molar-refractivity contribution in [2.75, 3.05) is 7.05 Å². The molecule has 2 aromatic rings. The van der Waals surface area contributed by atoms with Crippen LogP contribution >= 0.6 is 11.3 Å². The van der Waals surface area contributed by atoms with E-state index in [-0.39, 0.29) is 12.1 Å². The van der Waals surface area contributed by atoms with Gasteiger partial charge in [0, 0.05) is 19.2 Å². The van der Waals surface area contributed by atoms with Crippen molar-refractivity contribution < 1.29 is 9.53 Å². The Morgan fingerprint density at radius 1 is 1.33 bits per heavy atom. The summed E-state index contributed by atoms with van der Waals surface area (Å²) in [7, 11) is 1.74. The molecule has 0 saturated heterocycles. The molecule has 0 aliphatic heterocycles. The van der Waals surface area contributed by atoms with E-state index in [0.717, 1.165) is 26.9 Å². The lowest BCUT2D eigenvalue weighted by molar-refractivity contribution is 0.205. The second-order valence-corrected chi connectivity index (χ2v) is 7.27. The Labute approximate surface area is 146 Å². The molecule has 2 amide bonds. The summed E-state index contributed by atoms with van der Waals surface area (Å²) in [5.41, 5.74) is 2.09. The highest BCUT2D eigenvalue weighted by molar-refractivity contribution is 7.11. The molecule has 0 atom stereocenters. The van der Waals surface area contributed by atoms with Gasteiger partial charge in [0.15, 0.2) is 0 Å². The number of nitrogens with one attached hydrogen (secondary N) is 1. The van der Waals surface area contributed by atoms with E-state index in [1.165, 1.54) is 11.3 Å². The molecule has 0 fully saturated rings. The van der Waals surface area contributed by atoms with Crippen molar-refractivity contribution >= 4 is 17.4 Å². The molecule has 0 saturated carbocycles. The Morgan fingerprint density at radius 3 is 2.71 bits per heavy atom. The van der Waals surface area contributed by atoms with Gasteiger partial charge in [-0.25, -0.2) is 4.79 Å². The SMILES string of the molecule is Cc1ccc(CNC(=O)N(C)Cc2nnc(C)s2)c(OC(C)C)c1. The van der Waals surface area contributed by atoms with Gasteiger partial charge >= 0.3 is 6.03 Å². The number of hydrogen-bond donors (Lipinski definition) is 1. The average molecular weight is 348 g/mol. The lowest BCUT2D eigenvalue weighted by Crippen LogP contribution is -2.36. The fourth-order valence-corrected chi connectivity index (χ4v) is 2.92. The number of rotatable bonds is 6. The van der Waals surface area contributed by atoms with Crippen molar-refractivity contribution in [3.05, 3.63) is 39.3 Å². The molecule has 0 radical (unpaired) electrons. The average Bonchev–Trinajstić information content (AvgIpc) is 2.90. The topological polar surface area (TPSA) is 67.4 Å². The zero-order valence-electron chi connectivity index (χ0n) is 14.8. The van der Waals surface area contributed by atoms with Crippen LogP contribution in [0.4, 0.5) is 4.79 Å². The number of amides is 2. The van der Waals surface area contributed by atoms with Gasteiger partial charge in [0.1, 0.15) is 15.8 Å². The molecule has 2 rings (SSSR count). The molecule has 6 nitrogen and oxygen atoms in total. The summed E-state index contributed by atoms with van der Waals surface area (Å²) >= 11 is 1.49.